The molecule has 0 aliphatic carbocycles. The summed E-state index contributed by atoms with van der Waals surface area (Å²) < 4.78 is 29.0. The van der Waals surface area contributed by atoms with Gasteiger partial charge in [-0.3, -0.25) is 58.5 Å². The summed E-state index contributed by atoms with van der Waals surface area (Å²) in [6.07, 6.45) is 4.60. The van der Waals surface area contributed by atoms with Crippen LogP contribution in [0.3, 0.4) is 0 Å². The molecule has 5 saturated heterocycles. The van der Waals surface area contributed by atoms with Crippen molar-refractivity contribution in [1.29, 1.82) is 0 Å². The number of H-pyrrole nitrogens is 1. The number of aldehydes is 1. The number of aliphatic carboxylic acids is 1. The summed E-state index contributed by atoms with van der Waals surface area (Å²) in [5, 5.41) is 12.4. The first kappa shape index (κ1) is 94.7. The molecule has 604 valence electrons. The molecule has 12 rings (SSSR count). The molecule has 1 amide bonds. The number of carbonyl (C=O) groups excluding carboxylic acids is 8. The monoisotopic (exact) mass is 1650 g/mol. The summed E-state index contributed by atoms with van der Waals surface area (Å²) in [5.41, 5.74) is 6.37. The van der Waals surface area contributed by atoms with Crippen LogP contribution in [0.25, 0.3) is 25.8 Å². The molecule has 5 aliphatic heterocycles. The number of carbonyl (C=O) groups is 9. The van der Waals surface area contributed by atoms with E-state index in [2.05, 4.69) is 84.4 Å². The van der Waals surface area contributed by atoms with Crippen molar-refractivity contribution in [1.82, 2.24) is 34.9 Å². The Morgan fingerprint density at radius 1 is 0.531 bits per heavy atom. The fourth-order valence-corrected chi connectivity index (χ4v) is 13.1. The van der Waals surface area contributed by atoms with Crippen LogP contribution in [0.5, 0.6) is 0 Å². The maximum Gasteiger partial charge on any atom is 0.411 e. The van der Waals surface area contributed by atoms with E-state index in [1.165, 1.54) is 46.0 Å². The number of carboxylic acid groups (broad SMARTS) is 1. The number of rotatable bonds is 17. The Hall–Kier alpha value is -10.7. The Morgan fingerprint density at radius 3 is 1.36 bits per heavy atom. The molecule has 6 heterocycles. The van der Waals surface area contributed by atoms with E-state index in [0.717, 1.165) is 58.7 Å². The molecule has 5 fully saturated rings. The van der Waals surface area contributed by atoms with Gasteiger partial charge in [-0.25, -0.2) is 34.3 Å². The average Bonchev–Trinajstić information content (AvgIpc) is 1.60. The molecule has 3 N–H and O–H groups in total. The Kier molecular flexibility index (Phi) is 41.6. The predicted molar refractivity (Wildman–Crippen MR) is 436 cm³/mol. The second-order valence-corrected chi connectivity index (χ2v) is 27.8. The van der Waals surface area contributed by atoms with Crippen LogP contribution in [-0.4, -0.2) is 216 Å². The van der Waals surface area contributed by atoms with Crippen LogP contribution in [-0.2, 0) is 76.8 Å². The minimum atomic E-state index is -0.857. The number of benzene rings is 6. The number of alkyl halides is 1. The van der Waals surface area contributed by atoms with Crippen molar-refractivity contribution in [2.75, 3.05) is 73.6 Å². The van der Waals surface area contributed by atoms with Crippen molar-refractivity contribution < 1.29 is 78.1 Å². The van der Waals surface area contributed by atoms with E-state index in [-0.39, 0.29) is 105 Å². The largest absolute Gasteiger partial charge is 0.481 e. The summed E-state index contributed by atoms with van der Waals surface area (Å²) >= 11 is 3.10. The molecule has 29 heteroatoms. The number of ether oxygens (including phenoxy) is 6. The van der Waals surface area contributed by atoms with Gasteiger partial charge in [-0.1, -0.05) is 198 Å². The molecule has 7 aromatic rings. The number of carboxylic acids is 1. The fourth-order valence-electron chi connectivity index (χ4n) is 12.7. The van der Waals surface area contributed by atoms with E-state index >= 15 is 0 Å². The molecule has 0 unspecified atom stereocenters. The minimum absolute atomic E-state index is 0. The van der Waals surface area contributed by atoms with E-state index in [4.69, 9.17) is 43.8 Å². The highest BCUT2D eigenvalue weighted by Crippen LogP contribution is 2.34. The van der Waals surface area contributed by atoms with Crippen molar-refractivity contribution in [3.8, 4) is 11.3 Å². The number of aromatic amines is 1. The Balaban J connectivity index is 0.000000354. The quantitative estimate of drug-likeness (QED) is 0.0191. The zero-order valence-corrected chi connectivity index (χ0v) is 67.7. The number of hydrogen-bond acceptors (Lipinski definition) is 20. The second kappa shape index (κ2) is 49.7. The third kappa shape index (κ3) is 30.7. The molecule has 113 heavy (non-hydrogen) atoms. The van der Waals surface area contributed by atoms with Crippen molar-refractivity contribution in [3.05, 3.63) is 256 Å². The second-order valence-electron chi connectivity index (χ2n) is 27.3. The standard InChI is InChI=1S/C22H23N3O2.C14H16N2O2.C14H17NO4.C12H18N2O4.C8H7BrO.C7H10N2O2.C7H6O.2ClH.H2/c1-27-22(26)20-12-18(15-25(20)14-16-8-4-2-5-9-16)21-23-13-19(24-21)17-10-6-3-7-11-17;1-15-12-8-13(14(17)18-2)16(10-12)9-11-6-4-3-5-7-11;1-19-14(18)12-7-11(13(16)17)9-15(12)8-10-5-3-2-4-6-10;1-12(2,3)18-11(16)14-7-8(13-4)6-9(14)10(15)17-5;9-6-8(10)7-4-2-1-3-5-7;1-8-5-3-6(9-4-5)7(10)11-2;8-6-7-4-2-1-3-5-7;;;/h2-11,13,18,20H,12,14-15H2,1H3,(H,23,24);3-7,12-13H,8-10H2,2H3;2-6,11-12H,7-9H2,1H3,(H,16,17);8-9H,6-7H2,1-3,5H3;1-5H,6H2;5-6,9H,3-4H2,2H3;1-6H;3*1H/t18-,20+;12-,13+;11-,12+;8-,9+;;5-,6+;;;;/m1111.1..../s1. The average molecular weight is 1660 g/mol. The molecule has 26 nitrogen and oxygen atoms in total. The van der Waals surface area contributed by atoms with Crippen LogP contribution >= 0.6 is 40.7 Å². The summed E-state index contributed by atoms with van der Waals surface area (Å²) in [7, 11) is 6.80. The summed E-state index contributed by atoms with van der Waals surface area (Å²) in [6, 6.07) is 55.8. The Morgan fingerprint density at radius 2 is 0.938 bits per heavy atom. The van der Waals surface area contributed by atoms with Crippen molar-refractivity contribution in [2.24, 2.45) is 5.92 Å². The van der Waals surface area contributed by atoms with Gasteiger partial charge in [0.05, 0.1) is 91.0 Å². The van der Waals surface area contributed by atoms with Gasteiger partial charge in [-0.05, 0) is 55.9 Å². The zero-order chi connectivity index (χ0) is 80.8. The lowest BCUT2D eigenvalue weighted by molar-refractivity contribution is -0.147. The highest BCUT2D eigenvalue weighted by Gasteiger charge is 2.46. The maximum absolute atomic E-state index is 12.3. The Bertz CT molecular complexity index is 4240. The lowest BCUT2D eigenvalue weighted by atomic mass is 10.1. The highest BCUT2D eigenvalue weighted by atomic mass is 79.9. The molecule has 5 aliphatic rings. The van der Waals surface area contributed by atoms with Gasteiger partial charge >= 0.3 is 41.9 Å². The zero-order valence-electron chi connectivity index (χ0n) is 64.5. The van der Waals surface area contributed by atoms with Gasteiger partial charge in [0.1, 0.15) is 54.5 Å². The summed E-state index contributed by atoms with van der Waals surface area (Å²) in [4.78, 5) is 128. The van der Waals surface area contributed by atoms with Crippen LogP contribution in [0.15, 0.2) is 188 Å². The molecule has 1 aromatic heterocycles. The highest BCUT2D eigenvalue weighted by molar-refractivity contribution is 9.09. The van der Waals surface area contributed by atoms with Gasteiger partial charge in [-0.2, -0.15) is 0 Å². The molecule has 10 atom stereocenters. The summed E-state index contributed by atoms with van der Waals surface area (Å²) in [5.74, 6) is -1.69. The lowest BCUT2D eigenvalue weighted by Gasteiger charge is -2.26. The van der Waals surface area contributed by atoms with E-state index in [1.54, 1.807) is 32.9 Å². The SMILES string of the molecule is COC(=O)[C@@H]1C[C@@H](C(=O)O)CN1Cc1ccccc1.COC(=O)[C@@H]1C[C@@H](c2ncc(-c3ccccc3)[nH]2)CN1Cc1ccccc1.Cl.Cl.O=C(CBr)c1ccccc1.O=Cc1ccccc1.[C-]#[N+][C@@H]1C[C@@H](C(=O)OC)N(C(=O)OC(C)(C)C)C1.[C-]#[N+][C@@H]1C[C@@H](C(=O)OC)N(Cc2ccccc2)C1.[C-]#[N+][C@H]1CN[C@H](C(=O)OC)C1.[HH]. The minimum Gasteiger partial charge on any atom is -0.481 e. The number of imidazole rings is 1. The lowest BCUT2D eigenvalue weighted by Crippen LogP contribution is -2.43. The number of amides is 1. The number of halogens is 3. The van der Waals surface area contributed by atoms with Crippen LogP contribution in [0.1, 0.15) is 103 Å². The number of nitrogens with zero attached hydrogens (tertiary/aromatic N) is 8. The van der Waals surface area contributed by atoms with Crippen molar-refractivity contribution in [2.45, 2.75) is 132 Å². The molecule has 6 aromatic carbocycles. The van der Waals surface area contributed by atoms with Crippen LogP contribution in [0.2, 0.25) is 0 Å². The van der Waals surface area contributed by atoms with Crippen LogP contribution in [0, 0.1) is 25.6 Å². The third-order valence-electron chi connectivity index (χ3n) is 18.4. The Labute approximate surface area is 683 Å². The van der Waals surface area contributed by atoms with Gasteiger partial charge < -0.3 is 53.0 Å². The normalized spacial score (nSPS) is 20.4. The molecule has 0 radical (unpaired) electrons. The van der Waals surface area contributed by atoms with Gasteiger partial charge in [0, 0.05) is 51.2 Å². The van der Waals surface area contributed by atoms with E-state index in [1.807, 2.05) is 162 Å². The van der Waals surface area contributed by atoms with E-state index in [9.17, 15) is 43.2 Å². The molecular formula is C84H101BrCl2N10O16. The fraction of sp³-hybridized carbons (Fsp3) is 0.393. The number of nitrogens with one attached hydrogen (secondary N) is 2. The number of Topliss-reactive ketones (excluding diaryl/α,β-unsaturated/α-hetero) is 1. The number of ketones is 1. The molecule has 0 saturated carbocycles. The van der Waals surface area contributed by atoms with Crippen LogP contribution < -0.4 is 5.32 Å². The summed E-state index contributed by atoms with van der Waals surface area (Å²) in [6.45, 7) is 30.6. The first-order valence-corrected chi connectivity index (χ1v) is 37.1. The predicted octanol–water partition coefficient (Wildman–Crippen LogP) is 12.6. The molecular weight excluding hydrogens is 1560 g/mol. The van der Waals surface area contributed by atoms with Gasteiger partial charge in [0.15, 0.2) is 5.78 Å². The van der Waals surface area contributed by atoms with E-state index < -0.39 is 41.6 Å². The third-order valence-corrected chi connectivity index (χ3v) is 18.9. The van der Waals surface area contributed by atoms with Gasteiger partial charge in [0.25, 0.3) is 0 Å². The topological polar surface area (TPSA) is 296 Å². The molecule has 0 bridgehead atoms. The number of esters is 5. The maximum atomic E-state index is 12.3. The molecule has 0 spiro atoms. The number of likely N-dealkylation sites (tertiary alicyclic amines) is 4. The van der Waals surface area contributed by atoms with Gasteiger partial charge in [-0.15, -0.1) is 24.8 Å². The number of aromatic nitrogens is 2. The first-order chi connectivity index (χ1) is 53.4. The number of methoxy groups -OCH3 is 5. The number of hydrogen-bond donors (Lipinski definition) is 3. The van der Waals surface area contributed by atoms with E-state index in [0.29, 0.717) is 70.2 Å². The van der Waals surface area contributed by atoms with Crippen LogP contribution in [0.4, 0.5) is 4.79 Å². The van der Waals surface area contributed by atoms with Gasteiger partial charge in [0.2, 0.25) is 18.1 Å². The first-order valence-electron chi connectivity index (χ1n) is 36.0. The van der Waals surface area contributed by atoms with Crippen molar-refractivity contribution >= 4 is 94.7 Å². The smallest absolute Gasteiger partial charge is 0.411 e. The van der Waals surface area contributed by atoms with Crippen molar-refractivity contribution in [3.63, 3.8) is 0 Å².